The Labute approximate surface area is 162 Å². The molecular weight excluding hydrogens is 358 g/mol. The van der Waals surface area contributed by atoms with Gasteiger partial charge in [0, 0.05) is 29.1 Å². The van der Waals surface area contributed by atoms with E-state index in [-0.39, 0.29) is 5.91 Å². The minimum Gasteiger partial charge on any atom is -0.493 e. The maximum absolute atomic E-state index is 12.5. The van der Waals surface area contributed by atoms with Gasteiger partial charge in [0.25, 0.3) is 5.91 Å². The molecule has 1 heterocycles. The van der Waals surface area contributed by atoms with Crippen LogP contribution < -0.4 is 10.1 Å². The normalized spacial score (nSPS) is 10.2. The van der Waals surface area contributed by atoms with Gasteiger partial charge in [-0.2, -0.15) is 5.26 Å². The molecule has 0 aliphatic rings. The number of nitrogens with one attached hydrogen (secondary N) is 1. The second-order valence-corrected chi connectivity index (χ2v) is 6.85. The number of unbranched alkanes of at least 4 members (excludes halogenated alkanes) is 1. The number of carbonyl (C=O) groups is 1. The van der Waals surface area contributed by atoms with Crippen LogP contribution in [0.4, 0.5) is 5.69 Å². The fraction of sp³-hybridized carbons (Fsp3) is 0.190. The van der Waals surface area contributed by atoms with Crippen LogP contribution >= 0.6 is 11.3 Å². The number of rotatable bonds is 7. The molecule has 0 saturated carbocycles. The van der Waals surface area contributed by atoms with Crippen LogP contribution in [0.2, 0.25) is 0 Å². The molecule has 0 spiro atoms. The predicted octanol–water partition coefficient (Wildman–Crippen LogP) is 5.05. The van der Waals surface area contributed by atoms with Crippen molar-refractivity contribution >= 4 is 22.9 Å². The summed E-state index contributed by atoms with van der Waals surface area (Å²) in [6.45, 7) is 2.50. The molecule has 0 atom stereocenters. The highest BCUT2D eigenvalue weighted by atomic mass is 32.1. The number of benzene rings is 2. The van der Waals surface area contributed by atoms with E-state index in [1.54, 1.807) is 17.5 Å². The molecule has 136 valence electrons. The van der Waals surface area contributed by atoms with Gasteiger partial charge >= 0.3 is 0 Å². The van der Waals surface area contributed by atoms with Crippen LogP contribution in [0.3, 0.4) is 0 Å². The summed E-state index contributed by atoms with van der Waals surface area (Å²) in [6, 6.07) is 17.3. The lowest BCUT2D eigenvalue weighted by Gasteiger charge is -2.08. The van der Waals surface area contributed by atoms with Crippen molar-refractivity contribution in [3.8, 4) is 22.4 Å². The molecule has 5 nitrogen and oxygen atoms in total. The molecule has 1 N–H and O–H groups in total. The van der Waals surface area contributed by atoms with E-state index < -0.39 is 0 Å². The van der Waals surface area contributed by atoms with Crippen molar-refractivity contribution in [2.75, 3.05) is 11.9 Å². The Hall–Kier alpha value is -3.17. The molecule has 27 heavy (non-hydrogen) atoms. The fourth-order valence-corrected chi connectivity index (χ4v) is 3.21. The van der Waals surface area contributed by atoms with Gasteiger partial charge < -0.3 is 10.1 Å². The average Bonchev–Trinajstić information content (AvgIpc) is 3.16. The van der Waals surface area contributed by atoms with Crippen molar-refractivity contribution < 1.29 is 9.53 Å². The summed E-state index contributed by atoms with van der Waals surface area (Å²) in [7, 11) is 0. The highest BCUT2D eigenvalue weighted by Gasteiger charge is 2.12. The molecule has 6 heteroatoms. The van der Waals surface area contributed by atoms with Gasteiger partial charge in [0.15, 0.2) is 0 Å². The first-order valence-electron chi connectivity index (χ1n) is 8.59. The summed E-state index contributed by atoms with van der Waals surface area (Å²) in [5.41, 5.74) is 3.21. The van der Waals surface area contributed by atoms with Gasteiger partial charge in [0.1, 0.15) is 16.5 Å². The van der Waals surface area contributed by atoms with E-state index in [1.165, 1.54) is 16.9 Å². The molecule has 0 radical (unpaired) electrons. The van der Waals surface area contributed by atoms with E-state index in [0.717, 1.165) is 10.6 Å². The Morgan fingerprint density at radius 2 is 2.07 bits per heavy atom. The van der Waals surface area contributed by atoms with E-state index in [0.29, 0.717) is 36.6 Å². The van der Waals surface area contributed by atoms with Crippen LogP contribution in [0, 0.1) is 18.3 Å². The second-order valence-electron chi connectivity index (χ2n) is 6.00. The van der Waals surface area contributed by atoms with Crippen LogP contribution in [0.1, 0.15) is 28.9 Å². The van der Waals surface area contributed by atoms with Crippen LogP contribution in [-0.2, 0) is 0 Å². The molecule has 3 rings (SSSR count). The zero-order valence-corrected chi connectivity index (χ0v) is 15.8. The number of nitriles is 1. The van der Waals surface area contributed by atoms with E-state index >= 15 is 0 Å². The van der Waals surface area contributed by atoms with Gasteiger partial charge in [-0.3, -0.25) is 4.79 Å². The number of hydrogen-bond acceptors (Lipinski definition) is 5. The number of nitrogens with zero attached hydrogens (tertiary/aromatic N) is 2. The Morgan fingerprint density at radius 1 is 1.26 bits per heavy atom. The zero-order valence-electron chi connectivity index (χ0n) is 14.9. The minimum atomic E-state index is -0.258. The average molecular weight is 377 g/mol. The summed E-state index contributed by atoms with van der Waals surface area (Å²) in [6.07, 6.45) is 1.14. The molecule has 0 fully saturated rings. The SMILES string of the molecule is Cc1ccc(-c2nc(C(=O)Nc3cccc(OCCCC#N)c3)cs2)cc1. The lowest BCUT2D eigenvalue weighted by molar-refractivity contribution is 0.102. The first-order chi connectivity index (χ1) is 13.2. The quantitative estimate of drug-likeness (QED) is 0.584. The van der Waals surface area contributed by atoms with Crippen LogP contribution in [0.15, 0.2) is 53.9 Å². The fourth-order valence-electron chi connectivity index (χ4n) is 2.41. The number of amides is 1. The molecule has 0 aliphatic heterocycles. The molecule has 0 saturated heterocycles. The third-order valence-electron chi connectivity index (χ3n) is 3.83. The first kappa shape index (κ1) is 18.6. The Balaban J connectivity index is 1.64. The molecule has 0 bridgehead atoms. The molecular formula is C21H19N3O2S. The van der Waals surface area contributed by atoms with Crippen LogP contribution in [0.5, 0.6) is 5.75 Å². The summed E-state index contributed by atoms with van der Waals surface area (Å²) in [5.74, 6) is 0.399. The number of ether oxygens (including phenoxy) is 1. The summed E-state index contributed by atoms with van der Waals surface area (Å²) >= 11 is 1.44. The monoisotopic (exact) mass is 377 g/mol. The highest BCUT2D eigenvalue weighted by Crippen LogP contribution is 2.25. The van der Waals surface area contributed by atoms with Crippen molar-refractivity contribution in [3.63, 3.8) is 0 Å². The number of anilines is 1. The predicted molar refractivity (Wildman–Crippen MR) is 107 cm³/mol. The minimum absolute atomic E-state index is 0.258. The topological polar surface area (TPSA) is 75.0 Å². The van der Waals surface area contributed by atoms with Crippen LogP contribution in [-0.4, -0.2) is 17.5 Å². The van der Waals surface area contributed by atoms with Gasteiger partial charge in [0.2, 0.25) is 0 Å². The van der Waals surface area contributed by atoms with Crippen molar-refractivity contribution in [2.24, 2.45) is 0 Å². The smallest absolute Gasteiger partial charge is 0.275 e. The largest absolute Gasteiger partial charge is 0.493 e. The Bertz CT molecular complexity index is 958. The molecule has 3 aromatic rings. The number of thiazole rings is 1. The summed E-state index contributed by atoms with van der Waals surface area (Å²) < 4.78 is 5.59. The van der Waals surface area contributed by atoms with Gasteiger partial charge in [-0.05, 0) is 25.5 Å². The van der Waals surface area contributed by atoms with Crippen molar-refractivity contribution in [3.05, 3.63) is 65.2 Å². The van der Waals surface area contributed by atoms with Crippen molar-refractivity contribution in [1.82, 2.24) is 4.98 Å². The molecule has 2 aromatic carbocycles. The van der Waals surface area contributed by atoms with E-state index in [1.807, 2.05) is 43.3 Å². The second kappa shape index (κ2) is 8.97. The van der Waals surface area contributed by atoms with Crippen LogP contribution in [0.25, 0.3) is 10.6 Å². The first-order valence-corrected chi connectivity index (χ1v) is 9.47. The van der Waals surface area contributed by atoms with Gasteiger partial charge in [-0.25, -0.2) is 4.98 Å². The summed E-state index contributed by atoms with van der Waals surface area (Å²) in [5, 5.41) is 14.0. The maximum atomic E-state index is 12.5. The number of aryl methyl sites for hydroxylation is 1. The summed E-state index contributed by atoms with van der Waals surface area (Å²) in [4.78, 5) is 16.9. The standard InChI is InChI=1S/C21H19N3O2S/c1-15-7-9-16(10-8-15)21-24-19(14-27-21)20(25)23-17-5-4-6-18(13-17)26-12-3-2-11-22/h4-10,13-14H,2-3,12H2,1H3,(H,23,25). The molecule has 1 amide bonds. The molecule has 0 aliphatic carbocycles. The Morgan fingerprint density at radius 3 is 2.85 bits per heavy atom. The molecule has 1 aromatic heterocycles. The van der Waals surface area contributed by atoms with E-state index in [9.17, 15) is 4.79 Å². The van der Waals surface area contributed by atoms with E-state index in [2.05, 4.69) is 16.4 Å². The van der Waals surface area contributed by atoms with Gasteiger partial charge in [0.05, 0.1) is 12.7 Å². The lowest BCUT2D eigenvalue weighted by Crippen LogP contribution is -2.12. The van der Waals surface area contributed by atoms with Crippen molar-refractivity contribution in [2.45, 2.75) is 19.8 Å². The van der Waals surface area contributed by atoms with Crippen molar-refractivity contribution in [1.29, 1.82) is 5.26 Å². The van der Waals surface area contributed by atoms with Gasteiger partial charge in [-0.15, -0.1) is 11.3 Å². The maximum Gasteiger partial charge on any atom is 0.275 e. The highest BCUT2D eigenvalue weighted by molar-refractivity contribution is 7.13. The third kappa shape index (κ3) is 5.16. The number of aromatic nitrogens is 1. The zero-order chi connectivity index (χ0) is 19.1. The lowest BCUT2D eigenvalue weighted by atomic mass is 10.2. The van der Waals surface area contributed by atoms with E-state index in [4.69, 9.17) is 10.00 Å². The third-order valence-corrected chi connectivity index (χ3v) is 4.72. The number of carbonyl (C=O) groups excluding carboxylic acids is 1. The Kier molecular flexibility index (Phi) is 6.18. The molecule has 0 unspecified atom stereocenters. The van der Waals surface area contributed by atoms with Gasteiger partial charge in [-0.1, -0.05) is 35.9 Å². The number of hydrogen-bond donors (Lipinski definition) is 1.